The van der Waals surface area contributed by atoms with Gasteiger partial charge in [0.2, 0.25) is 0 Å². The SMILES string of the molecule is C=CCOC(=O)CC(CCCCCCCCCCCCCC/C=C/CCCCCCCC)C(=O)O. The quantitative estimate of drug-likeness (QED) is 0.0704. The van der Waals surface area contributed by atoms with Gasteiger partial charge >= 0.3 is 11.9 Å². The molecule has 1 N–H and O–H groups in total. The smallest absolute Gasteiger partial charge is 0.307 e. The maximum atomic E-state index is 11.6. The van der Waals surface area contributed by atoms with Gasteiger partial charge in [0, 0.05) is 0 Å². The second kappa shape index (κ2) is 27.0. The summed E-state index contributed by atoms with van der Waals surface area (Å²) in [5, 5.41) is 9.29. The molecule has 0 aliphatic heterocycles. The Kier molecular flexibility index (Phi) is 25.8. The van der Waals surface area contributed by atoms with Crippen LogP contribution in [0, 0.1) is 5.92 Å². The number of carboxylic acid groups (broad SMARTS) is 1. The second-order valence-corrected chi connectivity index (χ2v) is 10.1. The molecule has 0 aromatic rings. The average Bonchev–Trinajstić information content (AvgIpc) is 2.84. The molecule has 35 heavy (non-hydrogen) atoms. The van der Waals surface area contributed by atoms with Crippen molar-refractivity contribution in [2.75, 3.05) is 6.61 Å². The number of unbranched alkanes of at least 4 members (excludes halogenated alkanes) is 18. The molecule has 0 spiro atoms. The summed E-state index contributed by atoms with van der Waals surface area (Å²) in [6.07, 6.45) is 32.6. The summed E-state index contributed by atoms with van der Waals surface area (Å²) in [5.41, 5.74) is 0. The van der Waals surface area contributed by atoms with Crippen molar-refractivity contribution in [2.45, 2.75) is 148 Å². The number of ether oxygens (including phenoxy) is 1. The first-order valence-corrected chi connectivity index (χ1v) is 14.8. The van der Waals surface area contributed by atoms with Gasteiger partial charge in [0.15, 0.2) is 0 Å². The highest BCUT2D eigenvalue weighted by atomic mass is 16.5. The molecule has 0 aliphatic rings. The van der Waals surface area contributed by atoms with Crippen LogP contribution < -0.4 is 0 Å². The van der Waals surface area contributed by atoms with Gasteiger partial charge < -0.3 is 9.84 Å². The maximum Gasteiger partial charge on any atom is 0.307 e. The zero-order chi connectivity index (χ0) is 25.8. The van der Waals surface area contributed by atoms with E-state index < -0.39 is 17.9 Å². The number of allylic oxidation sites excluding steroid dienone is 2. The number of rotatable bonds is 27. The van der Waals surface area contributed by atoms with E-state index in [1.807, 2.05) is 0 Å². The molecule has 1 unspecified atom stereocenters. The highest BCUT2D eigenvalue weighted by Crippen LogP contribution is 2.17. The van der Waals surface area contributed by atoms with Crippen LogP contribution in [0.15, 0.2) is 24.8 Å². The number of carbonyl (C=O) groups is 2. The molecule has 0 heterocycles. The maximum absolute atomic E-state index is 11.6. The summed E-state index contributed by atoms with van der Waals surface area (Å²) < 4.78 is 4.90. The van der Waals surface area contributed by atoms with E-state index in [9.17, 15) is 14.7 Å². The fraction of sp³-hybridized carbons (Fsp3) is 0.806. The van der Waals surface area contributed by atoms with E-state index in [-0.39, 0.29) is 13.0 Å². The van der Waals surface area contributed by atoms with Gasteiger partial charge in [-0.3, -0.25) is 9.59 Å². The lowest BCUT2D eigenvalue weighted by molar-refractivity contribution is -0.151. The normalized spacial score (nSPS) is 12.1. The van der Waals surface area contributed by atoms with Crippen molar-refractivity contribution in [3.63, 3.8) is 0 Å². The van der Waals surface area contributed by atoms with E-state index in [0.717, 1.165) is 19.3 Å². The van der Waals surface area contributed by atoms with Crippen LogP contribution in [0.4, 0.5) is 0 Å². The molecule has 0 amide bonds. The van der Waals surface area contributed by atoms with Crippen molar-refractivity contribution in [1.29, 1.82) is 0 Å². The van der Waals surface area contributed by atoms with Gasteiger partial charge in [0.1, 0.15) is 6.61 Å². The van der Waals surface area contributed by atoms with E-state index in [0.29, 0.717) is 6.42 Å². The third-order valence-corrected chi connectivity index (χ3v) is 6.69. The minimum absolute atomic E-state index is 0.0425. The lowest BCUT2D eigenvalue weighted by Gasteiger charge is -2.11. The molecule has 0 aromatic heterocycles. The average molecular weight is 493 g/mol. The van der Waals surface area contributed by atoms with E-state index in [1.54, 1.807) is 0 Å². The van der Waals surface area contributed by atoms with Crippen LogP contribution in [0.3, 0.4) is 0 Å². The molecule has 0 radical (unpaired) electrons. The molecule has 4 heteroatoms. The molecular formula is C31H56O4. The predicted octanol–water partition coefficient (Wildman–Crippen LogP) is 9.57. The molecule has 4 nitrogen and oxygen atoms in total. The van der Waals surface area contributed by atoms with Gasteiger partial charge in [-0.05, 0) is 32.1 Å². The molecule has 1 atom stereocenters. The minimum atomic E-state index is -0.902. The molecule has 0 saturated heterocycles. The molecule has 0 bridgehead atoms. The topological polar surface area (TPSA) is 63.6 Å². The van der Waals surface area contributed by atoms with Gasteiger partial charge in [-0.15, -0.1) is 0 Å². The molecule has 0 fully saturated rings. The van der Waals surface area contributed by atoms with Crippen molar-refractivity contribution < 1.29 is 19.4 Å². The van der Waals surface area contributed by atoms with Crippen molar-refractivity contribution in [3.05, 3.63) is 24.8 Å². The first-order valence-electron chi connectivity index (χ1n) is 14.8. The minimum Gasteiger partial charge on any atom is -0.481 e. The zero-order valence-corrected chi connectivity index (χ0v) is 23.0. The van der Waals surface area contributed by atoms with Crippen LogP contribution in [-0.2, 0) is 14.3 Å². The van der Waals surface area contributed by atoms with Crippen molar-refractivity contribution >= 4 is 11.9 Å². The standard InChI is InChI=1S/C31H56O4/c1-3-5-6-7-8-9-10-11-12-13-14-15-16-17-18-19-20-21-22-23-24-25-26-29(31(33)34)28-30(32)35-27-4-2/h4,11-12,29H,2-3,5-10,13-28H2,1H3,(H,33,34)/b12-11+. The summed E-state index contributed by atoms with van der Waals surface area (Å²) in [7, 11) is 0. The van der Waals surface area contributed by atoms with Crippen LogP contribution in [0.5, 0.6) is 0 Å². The lowest BCUT2D eigenvalue weighted by Crippen LogP contribution is -2.19. The monoisotopic (exact) mass is 492 g/mol. The molecule has 0 aromatic carbocycles. The van der Waals surface area contributed by atoms with Crippen LogP contribution >= 0.6 is 0 Å². The number of esters is 1. The molecular weight excluding hydrogens is 436 g/mol. The van der Waals surface area contributed by atoms with Crippen LogP contribution in [0.25, 0.3) is 0 Å². The van der Waals surface area contributed by atoms with E-state index in [1.165, 1.54) is 115 Å². The largest absolute Gasteiger partial charge is 0.481 e. The van der Waals surface area contributed by atoms with Crippen molar-refractivity contribution in [2.24, 2.45) is 5.92 Å². The fourth-order valence-corrected chi connectivity index (χ4v) is 4.42. The molecule has 0 aliphatic carbocycles. The van der Waals surface area contributed by atoms with Gasteiger partial charge in [0.05, 0.1) is 12.3 Å². The summed E-state index contributed by atoms with van der Waals surface area (Å²) in [4.78, 5) is 22.9. The van der Waals surface area contributed by atoms with Gasteiger partial charge in [0.25, 0.3) is 0 Å². The Balaban J connectivity index is 3.37. The summed E-state index contributed by atoms with van der Waals surface area (Å²) in [6, 6.07) is 0. The van der Waals surface area contributed by atoms with Gasteiger partial charge in [-0.25, -0.2) is 0 Å². The zero-order valence-electron chi connectivity index (χ0n) is 23.0. The van der Waals surface area contributed by atoms with Crippen molar-refractivity contribution in [3.8, 4) is 0 Å². The highest BCUT2D eigenvalue weighted by Gasteiger charge is 2.21. The Bertz CT molecular complexity index is 526. The lowest BCUT2D eigenvalue weighted by atomic mass is 9.97. The number of carbonyl (C=O) groups excluding carboxylic acids is 1. The predicted molar refractivity (Wildman–Crippen MR) is 149 cm³/mol. The first-order chi connectivity index (χ1) is 17.1. The summed E-state index contributed by atoms with van der Waals surface area (Å²) in [6.45, 7) is 5.90. The van der Waals surface area contributed by atoms with Gasteiger partial charge in [-0.1, -0.05) is 134 Å². The number of hydrogen-bond acceptors (Lipinski definition) is 3. The third kappa shape index (κ3) is 25.3. The Morgan fingerprint density at radius 2 is 1.14 bits per heavy atom. The number of aliphatic carboxylic acids is 1. The van der Waals surface area contributed by atoms with Crippen LogP contribution in [0.2, 0.25) is 0 Å². The summed E-state index contributed by atoms with van der Waals surface area (Å²) >= 11 is 0. The second-order valence-electron chi connectivity index (χ2n) is 10.1. The first kappa shape index (κ1) is 33.4. The Morgan fingerprint density at radius 3 is 1.57 bits per heavy atom. The van der Waals surface area contributed by atoms with Gasteiger partial charge in [-0.2, -0.15) is 0 Å². The van der Waals surface area contributed by atoms with E-state index in [4.69, 9.17) is 4.74 Å². The molecule has 0 saturated carbocycles. The Morgan fingerprint density at radius 1 is 0.714 bits per heavy atom. The third-order valence-electron chi connectivity index (χ3n) is 6.69. The Hall–Kier alpha value is -1.58. The number of hydrogen-bond donors (Lipinski definition) is 1. The van der Waals surface area contributed by atoms with Crippen LogP contribution in [0.1, 0.15) is 148 Å². The molecule has 0 rings (SSSR count). The summed E-state index contributed by atoms with van der Waals surface area (Å²) in [5.74, 6) is -1.98. The highest BCUT2D eigenvalue weighted by molar-refractivity contribution is 5.78. The Labute approximate surface area is 217 Å². The van der Waals surface area contributed by atoms with Crippen LogP contribution in [-0.4, -0.2) is 23.7 Å². The van der Waals surface area contributed by atoms with E-state index >= 15 is 0 Å². The molecule has 204 valence electrons. The van der Waals surface area contributed by atoms with Crippen molar-refractivity contribution in [1.82, 2.24) is 0 Å². The van der Waals surface area contributed by atoms with E-state index in [2.05, 4.69) is 25.7 Å². The fourth-order valence-electron chi connectivity index (χ4n) is 4.42. The number of carboxylic acids is 1.